The molecule has 0 aromatic carbocycles. The highest BCUT2D eigenvalue weighted by atomic mass is 16.6. The summed E-state index contributed by atoms with van der Waals surface area (Å²) in [5.41, 5.74) is 1.66. The van der Waals surface area contributed by atoms with E-state index in [1.807, 2.05) is 13.8 Å². The fourth-order valence-electron chi connectivity index (χ4n) is 1.76. The maximum absolute atomic E-state index is 11.3. The number of nitrogens with zero attached hydrogens (tertiary/aromatic N) is 4. The summed E-state index contributed by atoms with van der Waals surface area (Å²) in [5.74, 6) is 0.223. The molecule has 19 heavy (non-hydrogen) atoms. The van der Waals surface area contributed by atoms with Crippen molar-refractivity contribution in [3.05, 3.63) is 40.5 Å². The number of aromatic nitrogens is 3. The quantitative estimate of drug-likeness (QED) is 0.668. The molecule has 0 bridgehead atoms. The van der Waals surface area contributed by atoms with Crippen molar-refractivity contribution < 1.29 is 4.92 Å². The van der Waals surface area contributed by atoms with E-state index in [1.165, 1.54) is 6.33 Å². The third-order valence-electron chi connectivity index (χ3n) is 2.64. The van der Waals surface area contributed by atoms with Gasteiger partial charge in [-0.3, -0.25) is 15.1 Å². The summed E-state index contributed by atoms with van der Waals surface area (Å²) in [6.07, 6.45) is 4.52. The van der Waals surface area contributed by atoms with Crippen molar-refractivity contribution in [2.75, 3.05) is 11.9 Å². The molecule has 7 heteroatoms. The second kappa shape index (κ2) is 5.38. The van der Waals surface area contributed by atoms with Gasteiger partial charge >= 0.3 is 5.69 Å². The molecule has 0 amide bonds. The molecule has 98 valence electrons. The highest BCUT2D eigenvalue weighted by Crippen LogP contribution is 2.33. The molecule has 0 fully saturated rings. The smallest absolute Gasteiger partial charge is 0.337 e. The summed E-state index contributed by atoms with van der Waals surface area (Å²) in [5, 5.41) is 14.1. The van der Waals surface area contributed by atoms with Gasteiger partial charge in [-0.1, -0.05) is 0 Å². The molecule has 2 aromatic rings. The lowest BCUT2D eigenvalue weighted by Gasteiger charge is -2.08. The van der Waals surface area contributed by atoms with Crippen LogP contribution >= 0.6 is 0 Å². The Balaban J connectivity index is 2.67. The molecule has 0 aliphatic carbocycles. The standard InChI is InChI=1S/C12H13N5O2/c1-3-14-12-11(17(18)19)10(15-7-16-12)9-6-13-5-4-8(9)2/h4-7H,3H2,1-2H3,(H,14,15,16). The zero-order valence-electron chi connectivity index (χ0n) is 10.6. The molecule has 0 spiro atoms. The minimum absolute atomic E-state index is 0.125. The zero-order chi connectivity index (χ0) is 13.8. The number of aryl methyl sites for hydroxylation is 1. The van der Waals surface area contributed by atoms with E-state index >= 15 is 0 Å². The lowest BCUT2D eigenvalue weighted by atomic mass is 10.1. The van der Waals surface area contributed by atoms with E-state index in [1.54, 1.807) is 18.5 Å². The van der Waals surface area contributed by atoms with E-state index in [2.05, 4.69) is 20.3 Å². The second-order valence-corrected chi connectivity index (χ2v) is 3.90. The minimum atomic E-state index is -0.472. The number of nitrogens with one attached hydrogen (secondary N) is 1. The maximum Gasteiger partial charge on any atom is 0.337 e. The first-order chi connectivity index (χ1) is 9.15. The Morgan fingerprint density at radius 2 is 2.21 bits per heavy atom. The fraction of sp³-hybridized carbons (Fsp3) is 0.250. The Hall–Kier alpha value is -2.57. The van der Waals surface area contributed by atoms with Gasteiger partial charge in [0, 0.05) is 24.5 Å². The molecule has 2 heterocycles. The average Bonchev–Trinajstić information content (AvgIpc) is 2.39. The summed E-state index contributed by atoms with van der Waals surface area (Å²) in [4.78, 5) is 22.8. The first-order valence-electron chi connectivity index (χ1n) is 5.79. The van der Waals surface area contributed by atoms with Crippen LogP contribution in [0.3, 0.4) is 0 Å². The van der Waals surface area contributed by atoms with Crippen LogP contribution in [0.25, 0.3) is 11.3 Å². The number of hydrogen-bond donors (Lipinski definition) is 1. The zero-order valence-corrected chi connectivity index (χ0v) is 10.6. The number of pyridine rings is 1. The van der Waals surface area contributed by atoms with Crippen LogP contribution in [0, 0.1) is 17.0 Å². The molecule has 0 unspecified atom stereocenters. The van der Waals surface area contributed by atoms with Gasteiger partial charge < -0.3 is 5.32 Å². The van der Waals surface area contributed by atoms with Gasteiger partial charge in [0.2, 0.25) is 5.82 Å². The SMILES string of the molecule is CCNc1ncnc(-c2cnccc2C)c1[N+](=O)[O-]. The third kappa shape index (κ3) is 2.49. The Morgan fingerprint density at radius 3 is 2.84 bits per heavy atom. The van der Waals surface area contributed by atoms with Crippen LogP contribution in [0.5, 0.6) is 0 Å². The summed E-state index contributed by atoms with van der Waals surface area (Å²) >= 11 is 0. The van der Waals surface area contributed by atoms with Crippen molar-refractivity contribution in [2.24, 2.45) is 0 Å². The number of hydrogen-bond acceptors (Lipinski definition) is 6. The van der Waals surface area contributed by atoms with Crippen molar-refractivity contribution in [3.63, 3.8) is 0 Å². The van der Waals surface area contributed by atoms with E-state index in [4.69, 9.17) is 0 Å². The summed E-state index contributed by atoms with van der Waals surface area (Å²) in [7, 11) is 0. The van der Waals surface area contributed by atoms with E-state index in [0.717, 1.165) is 5.56 Å². The van der Waals surface area contributed by atoms with Crippen molar-refractivity contribution in [1.29, 1.82) is 0 Å². The van der Waals surface area contributed by atoms with Gasteiger partial charge in [0.05, 0.1) is 4.92 Å². The van der Waals surface area contributed by atoms with Crippen LogP contribution < -0.4 is 5.32 Å². The number of anilines is 1. The number of nitro groups is 1. The molecule has 2 rings (SSSR count). The van der Waals surface area contributed by atoms with Crippen LogP contribution in [-0.2, 0) is 0 Å². The van der Waals surface area contributed by atoms with Crippen LogP contribution in [0.15, 0.2) is 24.8 Å². The van der Waals surface area contributed by atoms with E-state index in [-0.39, 0.29) is 17.2 Å². The molecule has 0 aliphatic heterocycles. The molecule has 0 radical (unpaired) electrons. The highest BCUT2D eigenvalue weighted by Gasteiger charge is 2.24. The third-order valence-corrected chi connectivity index (χ3v) is 2.64. The molecular formula is C12H13N5O2. The van der Waals surface area contributed by atoms with Crippen molar-refractivity contribution in [1.82, 2.24) is 15.0 Å². The van der Waals surface area contributed by atoms with Gasteiger partial charge in [0.1, 0.15) is 6.33 Å². The van der Waals surface area contributed by atoms with Gasteiger partial charge in [0.15, 0.2) is 5.69 Å². The van der Waals surface area contributed by atoms with E-state index < -0.39 is 4.92 Å². The first-order valence-corrected chi connectivity index (χ1v) is 5.79. The Labute approximate surface area is 109 Å². The molecule has 0 saturated heterocycles. The largest absolute Gasteiger partial charge is 0.365 e. The van der Waals surface area contributed by atoms with Crippen molar-refractivity contribution >= 4 is 11.5 Å². The second-order valence-electron chi connectivity index (χ2n) is 3.90. The van der Waals surface area contributed by atoms with Gasteiger partial charge in [-0.15, -0.1) is 0 Å². The van der Waals surface area contributed by atoms with Crippen LogP contribution in [0.2, 0.25) is 0 Å². The summed E-state index contributed by atoms with van der Waals surface area (Å²) in [6.45, 7) is 4.25. The summed E-state index contributed by atoms with van der Waals surface area (Å²) in [6, 6.07) is 1.79. The molecule has 7 nitrogen and oxygen atoms in total. The van der Waals surface area contributed by atoms with Crippen molar-refractivity contribution in [2.45, 2.75) is 13.8 Å². The molecular weight excluding hydrogens is 246 g/mol. The molecule has 0 saturated carbocycles. The van der Waals surface area contributed by atoms with Gasteiger partial charge in [0.25, 0.3) is 0 Å². The monoisotopic (exact) mass is 259 g/mol. The normalized spacial score (nSPS) is 10.2. The fourth-order valence-corrected chi connectivity index (χ4v) is 1.76. The van der Waals surface area contributed by atoms with Crippen molar-refractivity contribution in [3.8, 4) is 11.3 Å². The van der Waals surface area contributed by atoms with Crippen LogP contribution in [0.4, 0.5) is 11.5 Å². The lowest BCUT2D eigenvalue weighted by Crippen LogP contribution is -2.06. The first kappa shape index (κ1) is 12.9. The predicted molar refractivity (Wildman–Crippen MR) is 70.8 cm³/mol. The lowest BCUT2D eigenvalue weighted by molar-refractivity contribution is -0.383. The molecule has 1 N–H and O–H groups in total. The average molecular weight is 259 g/mol. The maximum atomic E-state index is 11.3. The molecule has 0 aliphatic rings. The highest BCUT2D eigenvalue weighted by molar-refractivity contribution is 5.77. The van der Waals surface area contributed by atoms with Gasteiger partial charge in [-0.05, 0) is 25.5 Å². The summed E-state index contributed by atoms with van der Waals surface area (Å²) < 4.78 is 0. The van der Waals surface area contributed by atoms with Crippen LogP contribution in [-0.4, -0.2) is 26.4 Å². The molecule has 2 aromatic heterocycles. The van der Waals surface area contributed by atoms with Gasteiger partial charge in [-0.25, -0.2) is 9.97 Å². The predicted octanol–water partition coefficient (Wildman–Crippen LogP) is 2.19. The minimum Gasteiger partial charge on any atom is -0.365 e. The molecule has 0 atom stereocenters. The Morgan fingerprint density at radius 1 is 1.42 bits per heavy atom. The Kier molecular flexibility index (Phi) is 3.65. The van der Waals surface area contributed by atoms with Crippen LogP contribution in [0.1, 0.15) is 12.5 Å². The van der Waals surface area contributed by atoms with E-state index in [9.17, 15) is 10.1 Å². The van der Waals surface area contributed by atoms with Gasteiger partial charge in [-0.2, -0.15) is 0 Å². The number of rotatable bonds is 4. The Bertz CT molecular complexity index is 615. The van der Waals surface area contributed by atoms with E-state index in [0.29, 0.717) is 12.1 Å². The topological polar surface area (TPSA) is 93.8 Å².